The first-order valence-electron chi connectivity index (χ1n) is 22.1. The number of carbonyl (C=O) groups excluding carboxylic acids is 5. The molecular formula is C47H65N7O9S. The molecule has 2 saturated heterocycles. The maximum atomic E-state index is 14.5. The number of ether oxygens (including phenoxy) is 2. The third kappa shape index (κ3) is 12.9. The number of Topliss-reactive ketones (excluding diaryl/α,β-unsaturated/α-hetero) is 1. The number of guanidine groups is 1. The van der Waals surface area contributed by atoms with Crippen LogP contribution in [0.25, 0.3) is 10.8 Å². The van der Waals surface area contributed by atoms with Crippen molar-refractivity contribution in [1.82, 2.24) is 25.2 Å². The van der Waals surface area contributed by atoms with Gasteiger partial charge in [-0.1, -0.05) is 42.5 Å². The van der Waals surface area contributed by atoms with Gasteiger partial charge >= 0.3 is 6.09 Å². The predicted molar refractivity (Wildman–Crippen MR) is 245 cm³/mol. The number of fused-ring (bicyclic) bond motifs is 1. The first-order chi connectivity index (χ1) is 30.3. The average molecular weight is 904 g/mol. The van der Waals surface area contributed by atoms with Gasteiger partial charge in [0, 0.05) is 45.4 Å². The topological polar surface area (TPSA) is 219 Å². The molecule has 2 heterocycles. The van der Waals surface area contributed by atoms with Crippen LogP contribution >= 0.6 is 0 Å². The molecule has 348 valence electrons. The van der Waals surface area contributed by atoms with Crippen LogP contribution in [0.5, 0.6) is 5.75 Å². The molecule has 3 atom stereocenters. The number of likely N-dealkylation sites (tertiary alicyclic amines) is 2. The molecule has 0 bridgehead atoms. The van der Waals surface area contributed by atoms with Crippen molar-refractivity contribution in [3.05, 3.63) is 70.8 Å². The average Bonchev–Trinajstić information content (AvgIpc) is 3.74. The van der Waals surface area contributed by atoms with Gasteiger partial charge in [0.15, 0.2) is 5.78 Å². The minimum absolute atomic E-state index is 0.0119. The van der Waals surface area contributed by atoms with Gasteiger partial charge in [0.2, 0.25) is 23.7 Å². The molecule has 0 aromatic heterocycles. The van der Waals surface area contributed by atoms with E-state index in [2.05, 4.69) is 20.3 Å². The van der Waals surface area contributed by atoms with Crippen LogP contribution in [0.3, 0.4) is 0 Å². The molecule has 5 rings (SSSR count). The molecule has 4 amide bonds. The van der Waals surface area contributed by atoms with Gasteiger partial charge in [-0.15, -0.1) is 0 Å². The van der Waals surface area contributed by atoms with Gasteiger partial charge in [-0.25, -0.2) is 17.9 Å². The highest BCUT2D eigenvalue weighted by Gasteiger charge is 2.39. The number of hydrogen-bond acceptors (Lipinski definition) is 10. The summed E-state index contributed by atoms with van der Waals surface area (Å²) in [5, 5.41) is 7.55. The van der Waals surface area contributed by atoms with Gasteiger partial charge in [-0.2, -0.15) is 0 Å². The van der Waals surface area contributed by atoms with Crippen molar-refractivity contribution in [2.24, 2.45) is 10.7 Å². The number of aliphatic imine (C=N–C) groups is 1. The summed E-state index contributed by atoms with van der Waals surface area (Å²) in [4.78, 5) is 76.3. The zero-order chi connectivity index (χ0) is 46.8. The number of nitrogens with one attached hydrogen (secondary N) is 3. The van der Waals surface area contributed by atoms with Crippen molar-refractivity contribution in [2.75, 3.05) is 33.3 Å². The predicted octanol–water partition coefficient (Wildman–Crippen LogP) is 5.12. The fraction of sp³-hybridized carbons (Fsp3) is 0.532. The lowest BCUT2D eigenvalue weighted by molar-refractivity contribution is -0.141. The minimum Gasteiger partial charge on any atom is -0.496 e. The first kappa shape index (κ1) is 49.3. The minimum atomic E-state index is -4.12. The molecule has 0 aliphatic carbocycles. The van der Waals surface area contributed by atoms with Crippen LogP contribution in [0.2, 0.25) is 0 Å². The number of amides is 4. The van der Waals surface area contributed by atoms with E-state index in [9.17, 15) is 32.4 Å². The summed E-state index contributed by atoms with van der Waals surface area (Å²) in [6.45, 7) is 11.8. The summed E-state index contributed by atoms with van der Waals surface area (Å²) in [6, 6.07) is 12.1. The molecule has 64 heavy (non-hydrogen) atoms. The molecule has 0 saturated carbocycles. The lowest BCUT2D eigenvalue weighted by atomic mass is 9.98. The Morgan fingerprint density at radius 2 is 1.59 bits per heavy atom. The number of nitrogens with two attached hydrogens (primary N) is 1. The number of methoxy groups -OCH3 is 1. The molecule has 16 nitrogen and oxygen atoms in total. The van der Waals surface area contributed by atoms with Crippen LogP contribution in [-0.2, 0) is 40.4 Å². The zero-order valence-corrected chi connectivity index (χ0v) is 39.1. The largest absolute Gasteiger partial charge is 0.496 e. The number of aryl methyl sites for hydroxylation is 1. The molecular weight excluding hydrogens is 839 g/mol. The lowest BCUT2D eigenvalue weighted by Gasteiger charge is -2.30. The third-order valence-corrected chi connectivity index (χ3v) is 13.4. The Balaban J connectivity index is 1.31. The van der Waals surface area contributed by atoms with E-state index in [1.165, 1.54) is 12.0 Å². The summed E-state index contributed by atoms with van der Waals surface area (Å²) in [5.41, 5.74) is 7.72. The summed E-state index contributed by atoms with van der Waals surface area (Å²) in [6.07, 6.45) is 3.27. The van der Waals surface area contributed by atoms with Crippen molar-refractivity contribution >= 4 is 56.4 Å². The van der Waals surface area contributed by atoms with E-state index in [4.69, 9.17) is 15.2 Å². The van der Waals surface area contributed by atoms with E-state index >= 15 is 0 Å². The van der Waals surface area contributed by atoms with Gasteiger partial charge in [-0.05, 0) is 126 Å². The number of nitrogens with zero attached hydrogens (tertiary/aromatic N) is 3. The highest BCUT2D eigenvalue weighted by atomic mass is 32.2. The van der Waals surface area contributed by atoms with E-state index < -0.39 is 51.7 Å². The second kappa shape index (κ2) is 21.8. The molecule has 0 spiro atoms. The normalized spacial score (nSPS) is 16.8. The van der Waals surface area contributed by atoms with Crippen molar-refractivity contribution in [2.45, 2.75) is 134 Å². The molecule has 17 heteroatoms. The van der Waals surface area contributed by atoms with Gasteiger partial charge in [0.05, 0.1) is 18.0 Å². The number of ketones is 1. The van der Waals surface area contributed by atoms with Crippen LogP contribution in [0, 0.1) is 20.8 Å². The smallest absolute Gasteiger partial charge is 0.408 e. The van der Waals surface area contributed by atoms with E-state index in [-0.39, 0.29) is 67.7 Å². The fourth-order valence-electron chi connectivity index (χ4n) is 8.49. The molecule has 3 aromatic carbocycles. The quantitative estimate of drug-likeness (QED) is 0.0796. The molecule has 2 fully saturated rings. The van der Waals surface area contributed by atoms with E-state index in [0.29, 0.717) is 48.4 Å². The van der Waals surface area contributed by atoms with Crippen LogP contribution < -0.4 is 25.8 Å². The Bertz CT molecular complexity index is 2330. The number of carbonyl (C=O) groups is 5. The van der Waals surface area contributed by atoms with Crippen molar-refractivity contribution in [1.29, 1.82) is 0 Å². The number of piperidine rings is 1. The molecule has 3 aromatic rings. The standard InChI is InChI=1S/C47H65N7O9S/c1-30-28-40(62-7)31(2)32(3)42(30)64(60,61)52-45(48)49-24-14-20-36(39(55)22-23-41(56)53-25-11-8-12-26-53)50-43(57)38-21-15-27-54(38)44(58)37(51-46(59)63-47(4,5)6)29-34-18-13-17-33-16-9-10-19-35(33)34/h9-10,13,16-19,28,36-38H,8,11-12,14-15,20-27,29H2,1-7H3,(H,50,57)(H,51,59)(H3,48,49,52)/t36?,37?,38-/m0/s1. The lowest BCUT2D eigenvalue weighted by Crippen LogP contribution is -2.56. The van der Waals surface area contributed by atoms with Crippen LogP contribution in [0.15, 0.2) is 58.4 Å². The zero-order valence-electron chi connectivity index (χ0n) is 38.3. The maximum absolute atomic E-state index is 14.5. The molecule has 2 aliphatic rings. The van der Waals surface area contributed by atoms with E-state index in [1.807, 2.05) is 42.5 Å². The van der Waals surface area contributed by atoms with Crippen molar-refractivity contribution in [3.63, 3.8) is 0 Å². The monoisotopic (exact) mass is 903 g/mol. The molecule has 0 radical (unpaired) electrons. The summed E-state index contributed by atoms with van der Waals surface area (Å²) < 4.78 is 40.1. The Morgan fingerprint density at radius 3 is 2.30 bits per heavy atom. The number of alkyl carbamates (subject to hydrolysis) is 1. The van der Waals surface area contributed by atoms with Crippen molar-refractivity contribution < 1.29 is 41.9 Å². The first-order valence-corrected chi connectivity index (χ1v) is 23.6. The molecule has 5 N–H and O–H groups in total. The van der Waals surface area contributed by atoms with Crippen molar-refractivity contribution in [3.8, 4) is 5.75 Å². The molecule has 2 aliphatic heterocycles. The summed E-state index contributed by atoms with van der Waals surface area (Å²) >= 11 is 0. The number of hydrogen-bond donors (Lipinski definition) is 4. The highest BCUT2D eigenvalue weighted by molar-refractivity contribution is 7.90. The van der Waals surface area contributed by atoms with Gasteiger partial charge in [-0.3, -0.25) is 24.2 Å². The van der Waals surface area contributed by atoms with Gasteiger partial charge in [0.1, 0.15) is 23.4 Å². The summed E-state index contributed by atoms with van der Waals surface area (Å²) in [5.74, 6) is -1.26. The van der Waals surface area contributed by atoms with E-state index in [0.717, 1.165) is 35.6 Å². The fourth-order valence-corrected chi connectivity index (χ4v) is 9.97. The third-order valence-electron chi connectivity index (χ3n) is 11.8. The Labute approximate surface area is 377 Å². The van der Waals surface area contributed by atoms with Crippen LogP contribution in [-0.4, -0.2) is 111 Å². The van der Waals surface area contributed by atoms with Gasteiger partial charge < -0.3 is 35.6 Å². The second-order valence-electron chi connectivity index (χ2n) is 17.7. The maximum Gasteiger partial charge on any atom is 0.408 e. The Morgan fingerprint density at radius 1 is 0.891 bits per heavy atom. The summed E-state index contributed by atoms with van der Waals surface area (Å²) in [7, 11) is -2.60. The van der Waals surface area contributed by atoms with Crippen LogP contribution in [0.1, 0.15) is 101 Å². The molecule has 2 unspecified atom stereocenters. The van der Waals surface area contributed by atoms with Crippen LogP contribution in [0.4, 0.5) is 4.79 Å². The Hall–Kier alpha value is -5.71. The highest BCUT2D eigenvalue weighted by Crippen LogP contribution is 2.30. The SMILES string of the molecule is COc1cc(C)c(S(=O)(=O)NC(N)=NCCCC(NC(=O)[C@@H]2CCCN2C(=O)C(Cc2cccc3ccccc23)NC(=O)OC(C)(C)C)C(=O)CCC(=O)N2CCCCC2)c(C)c1C. The number of benzene rings is 3. The van der Waals surface area contributed by atoms with Gasteiger partial charge in [0.25, 0.3) is 10.0 Å². The Kier molecular flexibility index (Phi) is 16.8. The van der Waals surface area contributed by atoms with E-state index in [1.54, 1.807) is 52.5 Å². The second-order valence-corrected chi connectivity index (χ2v) is 19.3. The number of sulfonamides is 1. The number of rotatable bonds is 17.